The Morgan fingerprint density at radius 1 is 1.12 bits per heavy atom. The number of rotatable bonds is 8. The Labute approximate surface area is 228 Å². The molecular formula is C29H26N4O7. The van der Waals surface area contributed by atoms with Crippen LogP contribution in [0.3, 0.4) is 0 Å². The van der Waals surface area contributed by atoms with Gasteiger partial charge in [-0.1, -0.05) is 0 Å². The minimum Gasteiger partial charge on any atom is -0.466 e. The van der Waals surface area contributed by atoms with Gasteiger partial charge in [0.15, 0.2) is 5.78 Å². The summed E-state index contributed by atoms with van der Waals surface area (Å²) in [4.78, 5) is 64.2. The second kappa shape index (κ2) is 11.0. The zero-order valence-corrected chi connectivity index (χ0v) is 21.7. The molecule has 0 unspecified atom stereocenters. The summed E-state index contributed by atoms with van der Waals surface area (Å²) in [6.45, 7) is 1.99. The number of hydrogen-bond donors (Lipinski definition) is 3. The largest absolute Gasteiger partial charge is 0.466 e. The molecule has 5 rings (SSSR count). The predicted octanol–water partition coefficient (Wildman–Crippen LogP) is 4.68. The standard InChI is InChI=1S/C29H26N4O7/c1-2-40-26(35)13-11-19-24(31-23-4-3-5-25(34)27(19)23)15-21-20-14-17(8-12-22(20)32-29(21)37)30-28(36)16-6-9-18(10-7-16)33(38)39/h6-10,12,14-15,31H,2-5,11,13H2,1H3,(H,30,36)(H,32,37)/b21-15-. The van der Waals surface area contributed by atoms with Gasteiger partial charge in [-0.2, -0.15) is 0 Å². The summed E-state index contributed by atoms with van der Waals surface area (Å²) < 4.78 is 5.06. The first-order chi connectivity index (χ1) is 19.2. The molecular weight excluding hydrogens is 516 g/mol. The molecule has 204 valence electrons. The number of nitro groups is 1. The summed E-state index contributed by atoms with van der Waals surface area (Å²) in [5.74, 6) is -1.16. The molecule has 1 aliphatic carbocycles. The van der Waals surface area contributed by atoms with Crippen LogP contribution in [0.25, 0.3) is 11.6 Å². The number of anilines is 2. The topological polar surface area (TPSA) is 160 Å². The molecule has 11 nitrogen and oxygen atoms in total. The van der Waals surface area contributed by atoms with E-state index in [1.807, 2.05) is 0 Å². The molecule has 2 aliphatic rings. The number of nitrogens with one attached hydrogen (secondary N) is 3. The van der Waals surface area contributed by atoms with Gasteiger partial charge >= 0.3 is 5.97 Å². The van der Waals surface area contributed by atoms with Gasteiger partial charge in [-0.15, -0.1) is 0 Å². The lowest BCUT2D eigenvalue weighted by molar-refractivity contribution is -0.384. The fourth-order valence-corrected chi connectivity index (χ4v) is 5.03. The van der Waals surface area contributed by atoms with Crippen molar-refractivity contribution in [1.82, 2.24) is 4.98 Å². The molecule has 0 bridgehead atoms. The number of carbonyl (C=O) groups is 4. The summed E-state index contributed by atoms with van der Waals surface area (Å²) in [7, 11) is 0. The number of aryl methyl sites for hydroxylation is 1. The number of ether oxygens (including phenoxy) is 1. The summed E-state index contributed by atoms with van der Waals surface area (Å²) in [6, 6.07) is 10.2. The smallest absolute Gasteiger partial charge is 0.306 e. The van der Waals surface area contributed by atoms with Crippen molar-refractivity contribution in [2.75, 3.05) is 17.2 Å². The van der Waals surface area contributed by atoms with Crippen molar-refractivity contribution in [1.29, 1.82) is 0 Å². The van der Waals surface area contributed by atoms with E-state index in [9.17, 15) is 29.3 Å². The Balaban J connectivity index is 1.46. The third-order valence-corrected chi connectivity index (χ3v) is 6.90. The average molecular weight is 543 g/mol. The summed E-state index contributed by atoms with van der Waals surface area (Å²) in [5.41, 5.74) is 4.65. The highest BCUT2D eigenvalue weighted by Crippen LogP contribution is 2.37. The number of esters is 1. The van der Waals surface area contributed by atoms with E-state index in [1.54, 1.807) is 31.2 Å². The predicted molar refractivity (Wildman–Crippen MR) is 147 cm³/mol. The number of Topliss-reactive ketones (excluding diaryl/α,β-unsaturated/α-hetero) is 1. The maximum absolute atomic E-state index is 13.0. The van der Waals surface area contributed by atoms with E-state index >= 15 is 0 Å². The molecule has 0 fully saturated rings. The average Bonchev–Trinajstić information content (AvgIpc) is 3.44. The first-order valence-corrected chi connectivity index (χ1v) is 12.9. The highest BCUT2D eigenvalue weighted by atomic mass is 16.6. The molecule has 3 aromatic rings. The van der Waals surface area contributed by atoms with E-state index in [-0.39, 0.29) is 48.4 Å². The van der Waals surface area contributed by atoms with Gasteiger partial charge in [-0.3, -0.25) is 29.3 Å². The summed E-state index contributed by atoms with van der Waals surface area (Å²) in [5, 5.41) is 16.5. The van der Waals surface area contributed by atoms with Crippen molar-refractivity contribution in [3.8, 4) is 0 Å². The van der Waals surface area contributed by atoms with Crippen LogP contribution in [0.5, 0.6) is 0 Å². The van der Waals surface area contributed by atoms with E-state index in [4.69, 9.17) is 4.74 Å². The van der Waals surface area contributed by atoms with Crippen molar-refractivity contribution in [2.45, 2.75) is 39.0 Å². The monoisotopic (exact) mass is 542 g/mol. The number of hydrogen-bond acceptors (Lipinski definition) is 7. The van der Waals surface area contributed by atoms with Crippen LogP contribution < -0.4 is 10.6 Å². The second-order valence-corrected chi connectivity index (χ2v) is 9.48. The number of fused-ring (bicyclic) bond motifs is 2. The zero-order chi connectivity index (χ0) is 28.4. The molecule has 11 heteroatoms. The van der Waals surface area contributed by atoms with Gasteiger partial charge in [0.1, 0.15) is 0 Å². The first kappa shape index (κ1) is 26.5. The lowest BCUT2D eigenvalue weighted by Crippen LogP contribution is -2.12. The number of benzene rings is 2. The number of carbonyl (C=O) groups excluding carboxylic acids is 4. The number of amides is 2. The molecule has 2 heterocycles. The van der Waals surface area contributed by atoms with E-state index in [2.05, 4.69) is 15.6 Å². The van der Waals surface area contributed by atoms with E-state index in [0.29, 0.717) is 52.2 Å². The van der Waals surface area contributed by atoms with Crippen LogP contribution >= 0.6 is 0 Å². The van der Waals surface area contributed by atoms with Gasteiger partial charge in [0.2, 0.25) is 0 Å². The van der Waals surface area contributed by atoms with Gasteiger partial charge in [0, 0.05) is 64.4 Å². The van der Waals surface area contributed by atoms with Crippen LogP contribution in [0.4, 0.5) is 17.1 Å². The number of nitro benzene ring substituents is 1. The van der Waals surface area contributed by atoms with Gasteiger partial charge in [0.25, 0.3) is 17.5 Å². The van der Waals surface area contributed by atoms with Crippen molar-refractivity contribution in [3.63, 3.8) is 0 Å². The van der Waals surface area contributed by atoms with E-state index in [0.717, 1.165) is 12.1 Å². The number of nitrogens with zero attached hydrogens (tertiary/aromatic N) is 1. The summed E-state index contributed by atoms with van der Waals surface area (Å²) in [6.07, 6.45) is 3.90. The molecule has 1 aromatic heterocycles. The number of ketones is 1. The lowest BCUT2D eigenvalue weighted by atomic mass is 9.91. The SMILES string of the molecule is CCOC(=O)CCc1c(/C=C2\C(=O)Nc3ccc(NC(=O)c4ccc([N+](=O)[O-])cc4)cc32)[nH]c2c1C(=O)CCC2. The molecule has 1 aliphatic heterocycles. The number of aromatic amines is 1. The molecule has 2 amide bonds. The van der Waals surface area contributed by atoms with Crippen LogP contribution in [-0.2, 0) is 27.2 Å². The second-order valence-electron chi connectivity index (χ2n) is 9.48. The van der Waals surface area contributed by atoms with E-state index in [1.165, 1.54) is 24.3 Å². The van der Waals surface area contributed by atoms with Gasteiger partial charge in [0.05, 0.1) is 17.1 Å². The summed E-state index contributed by atoms with van der Waals surface area (Å²) >= 11 is 0. The van der Waals surface area contributed by atoms with Crippen LogP contribution in [-0.4, -0.2) is 40.1 Å². The zero-order valence-electron chi connectivity index (χ0n) is 21.7. The Bertz CT molecular complexity index is 1580. The lowest BCUT2D eigenvalue weighted by Gasteiger charge is -2.11. The van der Waals surface area contributed by atoms with Crippen molar-refractivity contribution in [2.24, 2.45) is 0 Å². The minimum absolute atomic E-state index is 0.00789. The molecule has 40 heavy (non-hydrogen) atoms. The van der Waals surface area contributed by atoms with Crippen molar-refractivity contribution in [3.05, 3.63) is 86.2 Å². The Kier molecular flexibility index (Phi) is 7.28. The number of H-pyrrole nitrogens is 1. The first-order valence-electron chi connectivity index (χ1n) is 12.9. The molecule has 0 spiro atoms. The van der Waals surface area contributed by atoms with Crippen molar-refractivity contribution >= 4 is 52.3 Å². The maximum Gasteiger partial charge on any atom is 0.306 e. The normalized spacial score (nSPS) is 14.9. The molecule has 0 radical (unpaired) electrons. The minimum atomic E-state index is -0.543. The molecule has 3 N–H and O–H groups in total. The molecule has 0 atom stereocenters. The maximum atomic E-state index is 13.0. The van der Waals surface area contributed by atoms with Crippen molar-refractivity contribution < 1.29 is 28.8 Å². The fraction of sp³-hybridized carbons (Fsp3) is 0.241. The van der Waals surface area contributed by atoms with Gasteiger partial charge in [-0.25, -0.2) is 0 Å². The van der Waals surface area contributed by atoms with E-state index < -0.39 is 10.8 Å². The Morgan fingerprint density at radius 3 is 2.62 bits per heavy atom. The quantitative estimate of drug-likeness (QED) is 0.161. The number of non-ortho nitro benzene ring substituents is 1. The Morgan fingerprint density at radius 2 is 1.90 bits per heavy atom. The van der Waals surface area contributed by atoms with Gasteiger partial charge < -0.3 is 20.4 Å². The van der Waals surface area contributed by atoms with Crippen LogP contribution in [0, 0.1) is 10.1 Å². The fourth-order valence-electron chi connectivity index (χ4n) is 5.03. The molecule has 0 saturated carbocycles. The Hall–Kier alpha value is -5.06. The van der Waals surface area contributed by atoms with Crippen LogP contribution in [0.1, 0.15) is 69.4 Å². The highest BCUT2D eigenvalue weighted by molar-refractivity contribution is 6.35. The van der Waals surface area contributed by atoms with Crippen LogP contribution in [0.2, 0.25) is 0 Å². The molecule has 0 saturated heterocycles. The number of aromatic nitrogens is 1. The molecule has 2 aromatic carbocycles. The van der Waals surface area contributed by atoms with Gasteiger partial charge in [-0.05, 0) is 68.2 Å². The van der Waals surface area contributed by atoms with Crippen LogP contribution in [0.15, 0.2) is 42.5 Å². The highest BCUT2D eigenvalue weighted by Gasteiger charge is 2.29. The third kappa shape index (κ3) is 5.26. The third-order valence-electron chi connectivity index (χ3n) is 6.90.